The predicted octanol–water partition coefficient (Wildman–Crippen LogP) is 3.35. The van der Waals surface area contributed by atoms with Gasteiger partial charge in [0.25, 0.3) is 5.91 Å². The van der Waals surface area contributed by atoms with Gasteiger partial charge in [0.05, 0.1) is 34.6 Å². The Balaban J connectivity index is 1.91. The zero-order valence-corrected chi connectivity index (χ0v) is 16.8. The van der Waals surface area contributed by atoms with Crippen LogP contribution < -0.4 is 11.1 Å². The topological polar surface area (TPSA) is 141 Å². The first-order valence-electron chi connectivity index (χ1n) is 9.07. The van der Waals surface area contributed by atoms with Crippen molar-refractivity contribution in [3.05, 3.63) is 65.4 Å². The maximum Gasteiger partial charge on any atom is 0.255 e. The van der Waals surface area contributed by atoms with Gasteiger partial charge in [0, 0.05) is 34.8 Å². The van der Waals surface area contributed by atoms with Crippen LogP contribution in [0.5, 0.6) is 0 Å². The molecule has 3 heterocycles. The molecule has 0 radical (unpaired) electrons. The van der Waals surface area contributed by atoms with Gasteiger partial charge < -0.3 is 11.1 Å². The van der Waals surface area contributed by atoms with Gasteiger partial charge in [-0.1, -0.05) is 0 Å². The van der Waals surface area contributed by atoms with Gasteiger partial charge >= 0.3 is 0 Å². The van der Waals surface area contributed by atoms with Crippen molar-refractivity contribution in [2.24, 2.45) is 0 Å². The number of nitriles is 2. The van der Waals surface area contributed by atoms with E-state index >= 15 is 0 Å². The second-order valence-electron chi connectivity index (χ2n) is 7.25. The lowest BCUT2D eigenvalue weighted by atomic mass is 9.90. The highest BCUT2D eigenvalue weighted by atomic mass is 16.1. The van der Waals surface area contributed by atoms with E-state index in [0.29, 0.717) is 28.2 Å². The Morgan fingerprint density at radius 1 is 1.13 bits per heavy atom. The third kappa shape index (κ3) is 4.08. The monoisotopic (exact) mass is 397 g/mol. The third-order valence-electron chi connectivity index (χ3n) is 4.64. The van der Waals surface area contributed by atoms with Gasteiger partial charge in [-0.3, -0.25) is 14.8 Å². The van der Waals surface area contributed by atoms with Crippen molar-refractivity contribution in [3.8, 4) is 23.3 Å². The number of nitrogen functional groups attached to an aromatic ring is 1. The van der Waals surface area contributed by atoms with Crippen LogP contribution in [0.1, 0.15) is 41.2 Å². The van der Waals surface area contributed by atoms with E-state index in [1.807, 2.05) is 13.0 Å². The summed E-state index contributed by atoms with van der Waals surface area (Å²) in [5.74, 6) is -0.192. The van der Waals surface area contributed by atoms with Crippen LogP contribution in [0.4, 0.5) is 11.5 Å². The molecule has 3 aromatic heterocycles. The lowest BCUT2D eigenvalue weighted by molar-refractivity contribution is 0.102. The molecular formula is C22H19N7O. The number of nitrogens with zero attached hydrogens (tertiary/aromatic N) is 5. The quantitative estimate of drug-likeness (QED) is 0.687. The summed E-state index contributed by atoms with van der Waals surface area (Å²) in [6.07, 6.45) is 4.62. The molecule has 0 bridgehead atoms. The number of carbonyl (C=O) groups excluding carboxylic acids is 1. The SMILES string of the molecule is Cc1ncc(NC(=O)c2ccnc(C(C)(C)C#N)c2)cc1-c1cnc(N)c(C#N)c1. The van der Waals surface area contributed by atoms with E-state index in [0.717, 1.165) is 5.56 Å². The van der Waals surface area contributed by atoms with Crippen LogP contribution in [-0.2, 0) is 5.41 Å². The average Bonchev–Trinajstić information content (AvgIpc) is 2.75. The smallest absolute Gasteiger partial charge is 0.255 e. The van der Waals surface area contributed by atoms with E-state index in [-0.39, 0.29) is 17.3 Å². The molecule has 8 heteroatoms. The minimum absolute atomic E-state index is 0.158. The summed E-state index contributed by atoms with van der Waals surface area (Å²) in [6.45, 7) is 5.30. The molecule has 3 N–H and O–H groups in total. The number of amides is 1. The van der Waals surface area contributed by atoms with E-state index in [2.05, 4.69) is 26.3 Å². The van der Waals surface area contributed by atoms with Crippen molar-refractivity contribution in [2.45, 2.75) is 26.2 Å². The molecule has 0 saturated carbocycles. The van der Waals surface area contributed by atoms with Crippen LogP contribution in [0.3, 0.4) is 0 Å². The first kappa shape index (κ1) is 20.4. The summed E-state index contributed by atoms with van der Waals surface area (Å²) in [7, 11) is 0. The number of hydrogen-bond donors (Lipinski definition) is 2. The molecule has 0 aliphatic carbocycles. The van der Waals surface area contributed by atoms with Crippen molar-refractivity contribution in [1.82, 2.24) is 15.0 Å². The van der Waals surface area contributed by atoms with E-state index < -0.39 is 5.41 Å². The average molecular weight is 397 g/mol. The molecular weight excluding hydrogens is 378 g/mol. The summed E-state index contributed by atoms with van der Waals surface area (Å²) in [5.41, 5.74) is 8.63. The molecule has 1 amide bonds. The largest absolute Gasteiger partial charge is 0.383 e. The zero-order chi connectivity index (χ0) is 21.9. The summed E-state index contributed by atoms with van der Waals surface area (Å²) < 4.78 is 0. The molecule has 0 atom stereocenters. The number of nitrogens with one attached hydrogen (secondary N) is 1. The van der Waals surface area contributed by atoms with Gasteiger partial charge in [0.2, 0.25) is 0 Å². The van der Waals surface area contributed by atoms with E-state index in [1.165, 1.54) is 6.20 Å². The first-order valence-corrected chi connectivity index (χ1v) is 9.07. The van der Waals surface area contributed by atoms with E-state index in [9.17, 15) is 15.3 Å². The van der Waals surface area contributed by atoms with Crippen molar-refractivity contribution < 1.29 is 4.79 Å². The van der Waals surface area contributed by atoms with Gasteiger partial charge in [-0.25, -0.2) is 4.98 Å². The van der Waals surface area contributed by atoms with E-state index in [4.69, 9.17) is 5.73 Å². The summed E-state index contributed by atoms with van der Waals surface area (Å²) in [4.78, 5) is 25.3. The molecule has 3 rings (SSSR count). The lowest BCUT2D eigenvalue weighted by Gasteiger charge is -2.15. The molecule has 0 unspecified atom stereocenters. The number of nitrogens with two attached hydrogens (primary N) is 1. The Labute approximate surface area is 174 Å². The third-order valence-corrected chi connectivity index (χ3v) is 4.64. The van der Waals surface area contributed by atoms with Crippen LogP contribution in [0.2, 0.25) is 0 Å². The molecule has 0 spiro atoms. The van der Waals surface area contributed by atoms with Gasteiger partial charge in [0.15, 0.2) is 0 Å². The highest BCUT2D eigenvalue weighted by Gasteiger charge is 2.22. The predicted molar refractivity (Wildman–Crippen MR) is 112 cm³/mol. The number of aryl methyl sites for hydroxylation is 1. The molecule has 8 nitrogen and oxygen atoms in total. The minimum Gasteiger partial charge on any atom is -0.383 e. The Bertz CT molecular complexity index is 1220. The maximum atomic E-state index is 12.7. The van der Waals surface area contributed by atoms with Gasteiger partial charge in [-0.2, -0.15) is 10.5 Å². The number of anilines is 2. The van der Waals surface area contributed by atoms with Gasteiger partial charge in [-0.15, -0.1) is 0 Å². The number of carbonyl (C=O) groups is 1. The van der Waals surface area contributed by atoms with Crippen LogP contribution in [0, 0.1) is 29.6 Å². The number of rotatable bonds is 4. The fraction of sp³-hybridized carbons (Fsp3) is 0.182. The van der Waals surface area contributed by atoms with Crippen LogP contribution in [-0.4, -0.2) is 20.9 Å². The molecule has 0 saturated heterocycles. The van der Waals surface area contributed by atoms with Crippen molar-refractivity contribution >= 4 is 17.4 Å². The second kappa shape index (κ2) is 7.98. The second-order valence-corrected chi connectivity index (χ2v) is 7.25. The fourth-order valence-electron chi connectivity index (χ4n) is 2.78. The Kier molecular flexibility index (Phi) is 5.43. The molecule has 3 aromatic rings. The number of hydrogen-bond acceptors (Lipinski definition) is 7. The summed E-state index contributed by atoms with van der Waals surface area (Å²) >= 11 is 0. The normalized spacial score (nSPS) is 10.7. The molecule has 148 valence electrons. The Hall–Kier alpha value is -4.30. The zero-order valence-electron chi connectivity index (χ0n) is 16.8. The van der Waals surface area contributed by atoms with Gasteiger partial charge in [-0.05, 0) is 45.0 Å². The molecule has 0 aliphatic heterocycles. The van der Waals surface area contributed by atoms with Gasteiger partial charge in [0.1, 0.15) is 11.9 Å². The lowest BCUT2D eigenvalue weighted by Crippen LogP contribution is -2.18. The number of aromatic nitrogens is 3. The van der Waals surface area contributed by atoms with Crippen LogP contribution in [0.15, 0.2) is 42.9 Å². The summed E-state index contributed by atoms with van der Waals surface area (Å²) in [6, 6.07) is 10.8. The van der Waals surface area contributed by atoms with Crippen LogP contribution >= 0.6 is 0 Å². The fourth-order valence-corrected chi connectivity index (χ4v) is 2.78. The molecule has 0 fully saturated rings. The van der Waals surface area contributed by atoms with E-state index in [1.54, 1.807) is 50.5 Å². The highest BCUT2D eigenvalue weighted by Crippen LogP contribution is 2.27. The Morgan fingerprint density at radius 3 is 2.60 bits per heavy atom. The van der Waals surface area contributed by atoms with Crippen LogP contribution in [0.25, 0.3) is 11.1 Å². The molecule has 0 aromatic carbocycles. The standard InChI is InChI=1S/C22H19N7O/c1-13-18(16-6-15(9-23)20(25)28-10-16)8-17(11-27-13)29-21(30)14-4-5-26-19(7-14)22(2,3)12-24/h4-8,10-11H,1-3H3,(H2,25,28)(H,29,30). The molecule has 0 aliphatic rings. The first-order chi connectivity index (χ1) is 14.2. The van der Waals surface area contributed by atoms with Crippen molar-refractivity contribution in [2.75, 3.05) is 11.1 Å². The number of pyridine rings is 3. The maximum absolute atomic E-state index is 12.7. The minimum atomic E-state index is -0.810. The summed E-state index contributed by atoms with van der Waals surface area (Å²) in [5, 5.41) is 21.3. The highest BCUT2D eigenvalue weighted by molar-refractivity contribution is 6.04. The Morgan fingerprint density at radius 2 is 1.90 bits per heavy atom. The van der Waals surface area contributed by atoms with Crippen molar-refractivity contribution in [3.63, 3.8) is 0 Å². The molecule has 30 heavy (non-hydrogen) atoms. The van der Waals surface area contributed by atoms with Crippen molar-refractivity contribution in [1.29, 1.82) is 10.5 Å².